The predicted octanol–water partition coefficient (Wildman–Crippen LogP) is 4.48. The zero-order valence-corrected chi connectivity index (χ0v) is 19.0. The first-order valence-electron chi connectivity index (χ1n) is 10.2. The summed E-state index contributed by atoms with van der Waals surface area (Å²) in [4.78, 5) is 44.1. The minimum Gasteiger partial charge on any atom is -0.348 e. The zero-order chi connectivity index (χ0) is 24.1. The number of carbonyl (C=O) groups is 3. The van der Waals surface area contributed by atoms with Crippen LogP contribution in [0.15, 0.2) is 48.8 Å². The lowest BCUT2D eigenvalue weighted by Crippen LogP contribution is -2.37. The normalized spacial score (nSPS) is 11.7. The fourth-order valence-corrected chi connectivity index (χ4v) is 3.04. The number of imidazole rings is 1. The molecule has 172 valence electrons. The molecule has 3 amide bonds. The lowest BCUT2D eigenvalue weighted by molar-refractivity contribution is 0.0914. The summed E-state index contributed by atoms with van der Waals surface area (Å²) in [5.74, 6) is -1.79. The second-order valence-corrected chi connectivity index (χ2v) is 8.15. The smallest absolute Gasteiger partial charge is 0.276 e. The van der Waals surface area contributed by atoms with E-state index in [0.717, 1.165) is 12.1 Å². The molecule has 1 heterocycles. The molecule has 0 bridgehead atoms. The van der Waals surface area contributed by atoms with Gasteiger partial charge in [0, 0.05) is 17.4 Å². The van der Waals surface area contributed by atoms with Crippen molar-refractivity contribution in [3.8, 4) is 0 Å². The SMILES string of the molecule is CC(C)C(C)NC(=O)c1[nH]cnc1C(=O)Nc1ccc(NC(=O)c2ccc(F)cc2Cl)cc1. The van der Waals surface area contributed by atoms with Crippen molar-refractivity contribution in [2.75, 3.05) is 10.6 Å². The number of carbonyl (C=O) groups excluding carboxylic acids is 3. The Balaban J connectivity index is 1.65. The van der Waals surface area contributed by atoms with E-state index in [0.29, 0.717) is 11.4 Å². The van der Waals surface area contributed by atoms with Crippen LogP contribution in [0, 0.1) is 11.7 Å². The van der Waals surface area contributed by atoms with Crippen molar-refractivity contribution in [1.82, 2.24) is 15.3 Å². The van der Waals surface area contributed by atoms with Gasteiger partial charge in [-0.2, -0.15) is 0 Å². The molecule has 0 radical (unpaired) electrons. The fourth-order valence-electron chi connectivity index (χ4n) is 2.78. The highest BCUT2D eigenvalue weighted by Crippen LogP contribution is 2.20. The van der Waals surface area contributed by atoms with Crippen LogP contribution in [0.25, 0.3) is 0 Å². The lowest BCUT2D eigenvalue weighted by atomic mass is 10.1. The second-order valence-electron chi connectivity index (χ2n) is 7.74. The van der Waals surface area contributed by atoms with Gasteiger partial charge in [-0.05, 0) is 55.3 Å². The summed E-state index contributed by atoms with van der Waals surface area (Å²) in [6, 6.07) is 9.72. The van der Waals surface area contributed by atoms with Gasteiger partial charge in [-0.25, -0.2) is 9.37 Å². The minimum atomic E-state index is -0.562. The molecule has 2 aromatic carbocycles. The Morgan fingerprint density at radius 3 is 2.12 bits per heavy atom. The molecule has 0 fully saturated rings. The van der Waals surface area contributed by atoms with Crippen LogP contribution in [0.3, 0.4) is 0 Å². The Bertz CT molecular complexity index is 1180. The van der Waals surface area contributed by atoms with Crippen LogP contribution in [0.4, 0.5) is 15.8 Å². The Labute approximate surface area is 194 Å². The maximum Gasteiger partial charge on any atom is 0.276 e. The Morgan fingerprint density at radius 2 is 1.55 bits per heavy atom. The molecule has 4 N–H and O–H groups in total. The number of rotatable bonds is 7. The van der Waals surface area contributed by atoms with Crippen LogP contribution < -0.4 is 16.0 Å². The van der Waals surface area contributed by atoms with Crippen molar-refractivity contribution >= 4 is 40.7 Å². The maximum absolute atomic E-state index is 13.2. The van der Waals surface area contributed by atoms with Gasteiger partial charge in [-0.1, -0.05) is 25.4 Å². The second kappa shape index (κ2) is 10.3. The third-order valence-corrected chi connectivity index (χ3v) is 5.33. The molecule has 33 heavy (non-hydrogen) atoms. The number of hydrogen-bond donors (Lipinski definition) is 4. The van der Waals surface area contributed by atoms with Crippen molar-refractivity contribution in [2.45, 2.75) is 26.8 Å². The first-order chi connectivity index (χ1) is 15.7. The molecule has 3 aromatic rings. The number of nitrogens with zero attached hydrogens (tertiary/aromatic N) is 1. The van der Waals surface area contributed by atoms with E-state index in [2.05, 4.69) is 25.9 Å². The van der Waals surface area contributed by atoms with Crippen molar-refractivity contribution in [3.05, 3.63) is 76.6 Å². The molecular weight excluding hydrogens is 449 g/mol. The van der Waals surface area contributed by atoms with Gasteiger partial charge >= 0.3 is 0 Å². The third kappa shape index (κ3) is 5.95. The van der Waals surface area contributed by atoms with Crippen LogP contribution in [-0.2, 0) is 0 Å². The first-order valence-corrected chi connectivity index (χ1v) is 10.6. The van der Waals surface area contributed by atoms with E-state index in [1.807, 2.05) is 20.8 Å². The molecule has 8 nitrogen and oxygen atoms in total. The van der Waals surface area contributed by atoms with Gasteiger partial charge in [0.15, 0.2) is 5.69 Å². The van der Waals surface area contributed by atoms with E-state index in [1.165, 1.54) is 12.4 Å². The Hall–Kier alpha value is -3.72. The lowest BCUT2D eigenvalue weighted by Gasteiger charge is -2.17. The molecular formula is C23H23ClFN5O3. The van der Waals surface area contributed by atoms with Gasteiger partial charge < -0.3 is 20.9 Å². The van der Waals surface area contributed by atoms with Crippen LogP contribution in [-0.4, -0.2) is 33.7 Å². The molecule has 1 atom stereocenters. The number of nitrogens with one attached hydrogen (secondary N) is 4. The van der Waals surface area contributed by atoms with Crippen molar-refractivity contribution < 1.29 is 18.8 Å². The van der Waals surface area contributed by atoms with E-state index in [9.17, 15) is 18.8 Å². The zero-order valence-electron chi connectivity index (χ0n) is 18.2. The summed E-state index contributed by atoms with van der Waals surface area (Å²) in [7, 11) is 0. The van der Waals surface area contributed by atoms with Gasteiger partial charge in [-0.15, -0.1) is 0 Å². The molecule has 0 aliphatic heterocycles. The molecule has 3 rings (SSSR count). The number of amides is 3. The van der Waals surface area contributed by atoms with Crippen molar-refractivity contribution in [2.24, 2.45) is 5.92 Å². The van der Waals surface area contributed by atoms with E-state index < -0.39 is 23.5 Å². The topological polar surface area (TPSA) is 116 Å². The number of benzene rings is 2. The summed E-state index contributed by atoms with van der Waals surface area (Å²) in [6.07, 6.45) is 1.28. The Morgan fingerprint density at radius 1 is 0.939 bits per heavy atom. The number of aromatic amines is 1. The van der Waals surface area contributed by atoms with Crippen molar-refractivity contribution in [3.63, 3.8) is 0 Å². The standard InChI is InChI=1S/C23H23ClFN5O3/c1-12(2)13(3)28-22(32)19-20(27-11-26-19)23(33)30-16-7-5-15(6-8-16)29-21(31)17-9-4-14(25)10-18(17)24/h4-13H,1-3H3,(H,26,27)(H,28,32)(H,29,31)(H,30,33). The highest BCUT2D eigenvalue weighted by molar-refractivity contribution is 6.34. The van der Waals surface area contributed by atoms with Crippen LogP contribution in [0.2, 0.25) is 5.02 Å². The Kier molecular flexibility index (Phi) is 7.44. The molecule has 1 aromatic heterocycles. The van der Waals surface area contributed by atoms with E-state index >= 15 is 0 Å². The molecule has 10 heteroatoms. The molecule has 0 saturated heterocycles. The maximum atomic E-state index is 13.2. The summed E-state index contributed by atoms with van der Waals surface area (Å²) in [5, 5.41) is 8.14. The molecule has 0 aliphatic rings. The van der Waals surface area contributed by atoms with Crippen molar-refractivity contribution in [1.29, 1.82) is 0 Å². The minimum absolute atomic E-state index is 0.00184. The number of H-pyrrole nitrogens is 1. The number of halogens is 2. The van der Waals surface area contributed by atoms with E-state index in [-0.39, 0.29) is 33.9 Å². The highest BCUT2D eigenvalue weighted by atomic mass is 35.5. The quantitative estimate of drug-likeness (QED) is 0.406. The van der Waals surface area contributed by atoms with Gasteiger partial charge in [0.05, 0.1) is 16.9 Å². The summed E-state index contributed by atoms with van der Waals surface area (Å²) in [6.45, 7) is 5.83. The van der Waals surface area contributed by atoms with E-state index in [1.54, 1.807) is 24.3 Å². The highest BCUT2D eigenvalue weighted by Gasteiger charge is 2.22. The first kappa shape index (κ1) is 23.9. The van der Waals surface area contributed by atoms with Crippen LogP contribution >= 0.6 is 11.6 Å². The number of aromatic nitrogens is 2. The van der Waals surface area contributed by atoms with Gasteiger partial charge in [0.1, 0.15) is 11.5 Å². The monoisotopic (exact) mass is 471 g/mol. The molecule has 1 unspecified atom stereocenters. The molecule has 0 aliphatic carbocycles. The fraction of sp³-hybridized carbons (Fsp3) is 0.217. The summed E-state index contributed by atoms with van der Waals surface area (Å²) in [5.41, 5.74) is 1.04. The third-order valence-electron chi connectivity index (χ3n) is 5.02. The molecule has 0 saturated carbocycles. The van der Waals surface area contributed by atoms with Crippen LogP contribution in [0.5, 0.6) is 0 Å². The van der Waals surface area contributed by atoms with Gasteiger partial charge in [-0.3, -0.25) is 14.4 Å². The van der Waals surface area contributed by atoms with E-state index in [4.69, 9.17) is 11.6 Å². The molecule has 0 spiro atoms. The number of anilines is 2. The van der Waals surface area contributed by atoms with Gasteiger partial charge in [0.25, 0.3) is 17.7 Å². The van der Waals surface area contributed by atoms with Crippen LogP contribution in [0.1, 0.15) is 52.1 Å². The summed E-state index contributed by atoms with van der Waals surface area (Å²) < 4.78 is 13.2. The largest absolute Gasteiger partial charge is 0.348 e. The predicted molar refractivity (Wildman–Crippen MR) is 124 cm³/mol. The van der Waals surface area contributed by atoms with Gasteiger partial charge in [0.2, 0.25) is 0 Å². The number of hydrogen-bond acceptors (Lipinski definition) is 4. The average Bonchev–Trinajstić information content (AvgIpc) is 3.25. The average molecular weight is 472 g/mol. The summed E-state index contributed by atoms with van der Waals surface area (Å²) >= 11 is 5.91.